The summed E-state index contributed by atoms with van der Waals surface area (Å²) in [5.74, 6) is 2.76. The lowest BCUT2D eigenvalue weighted by Gasteiger charge is -2.09. The number of rotatable bonds is 8. The fourth-order valence-corrected chi connectivity index (χ4v) is 2.68. The van der Waals surface area contributed by atoms with Crippen LogP contribution in [0.3, 0.4) is 0 Å². The van der Waals surface area contributed by atoms with Crippen LogP contribution >= 0.6 is 0 Å². The van der Waals surface area contributed by atoms with Gasteiger partial charge in [0.15, 0.2) is 5.82 Å². The molecule has 29 heavy (non-hydrogen) atoms. The molecule has 1 amide bonds. The third kappa shape index (κ3) is 5.78. The Balaban J connectivity index is 1.73. The number of nitrogens with one attached hydrogen (secondary N) is 1. The average molecular weight is 391 g/mol. The summed E-state index contributed by atoms with van der Waals surface area (Å²) >= 11 is 0. The molecular weight excluding hydrogens is 366 g/mol. The van der Waals surface area contributed by atoms with E-state index in [2.05, 4.69) is 29.1 Å². The fourth-order valence-electron chi connectivity index (χ4n) is 2.68. The van der Waals surface area contributed by atoms with Gasteiger partial charge in [0.2, 0.25) is 5.88 Å². The molecule has 0 aliphatic carbocycles. The first-order valence-electron chi connectivity index (χ1n) is 9.59. The lowest BCUT2D eigenvalue weighted by Crippen LogP contribution is -2.25. The van der Waals surface area contributed by atoms with E-state index < -0.39 is 0 Å². The van der Waals surface area contributed by atoms with Gasteiger partial charge in [-0.1, -0.05) is 26.0 Å². The summed E-state index contributed by atoms with van der Waals surface area (Å²) in [7, 11) is 1.62. The maximum Gasteiger partial charge on any atom is 0.251 e. The number of nitrogens with zero attached hydrogens (tertiary/aromatic N) is 2. The minimum atomic E-state index is -0.0989. The zero-order valence-corrected chi connectivity index (χ0v) is 16.9. The van der Waals surface area contributed by atoms with Crippen LogP contribution in [0.15, 0.2) is 60.8 Å². The van der Waals surface area contributed by atoms with E-state index in [1.807, 2.05) is 36.4 Å². The number of hydrogen-bond donors (Lipinski definition) is 1. The Morgan fingerprint density at radius 1 is 1.07 bits per heavy atom. The Kier molecular flexibility index (Phi) is 6.79. The number of amides is 1. The van der Waals surface area contributed by atoms with Crippen LogP contribution in [0.5, 0.6) is 17.4 Å². The lowest BCUT2D eigenvalue weighted by molar-refractivity contribution is 0.0952. The van der Waals surface area contributed by atoms with Crippen LogP contribution in [-0.4, -0.2) is 29.5 Å². The van der Waals surface area contributed by atoms with Crippen molar-refractivity contribution in [1.82, 2.24) is 15.3 Å². The van der Waals surface area contributed by atoms with E-state index in [-0.39, 0.29) is 5.91 Å². The van der Waals surface area contributed by atoms with E-state index in [9.17, 15) is 4.79 Å². The molecule has 0 aliphatic heterocycles. The minimum absolute atomic E-state index is 0.0989. The topological polar surface area (TPSA) is 73.3 Å². The molecule has 6 heteroatoms. The molecule has 3 aromatic rings. The minimum Gasteiger partial charge on any atom is -0.497 e. The van der Waals surface area contributed by atoms with Crippen molar-refractivity contribution in [3.8, 4) is 28.8 Å². The molecule has 0 atom stereocenters. The molecule has 0 radical (unpaired) electrons. The second-order valence-electron chi connectivity index (χ2n) is 7.02. The maximum absolute atomic E-state index is 12.4. The lowest BCUT2D eigenvalue weighted by atomic mass is 10.1. The fraction of sp³-hybridized carbons (Fsp3) is 0.261. The maximum atomic E-state index is 12.4. The number of aromatic nitrogens is 2. The van der Waals surface area contributed by atoms with E-state index in [1.165, 1.54) is 0 Å². The van der Waals surface area contributed by atoms with Crippen molar-refractivity contribution in [2.75, 3.05) is 13.7 Å². The first-order valence-corrected chi connectivity index (χ1v) is 9.59. The third-order valence-electron chi connectivity index (χ3n) is 4.30. The molecule has 0 saturated heterocycles. The average Bonchev–Trinajstić information content (AvgIpc) is 2.74. The second-order valence-corrected chi connectivity index (χ2v) is 7.02. The van der Waals surface area contributed by atoms with Crippen molar-refractivity contribution in [3.63, 3.8) is 0 Å². The molecule has 0 fully saturated rings. The van der Waals surface area contributed by atoms with E-state index >= 15 is 0 Å². The van der Waals surface area contributed by atoms with Crippen molar-refractivity contribution in [1.29, 1.82) is 0 Å². The zero-order valence-electron chi connectivity index (χ0n) is 16.9. The van der Waals surface area contributed by atoms with Crippen molar-refractivity contribution in [2.45, 2.75) is 20.3 Å². The van der Waals surface area contributed by atoms with E-state index in [0.717, 1.165) is 17.7 Å². The summed E-state index contributed by atoms with van der Waals surface area (Å²) in [6, 6.07) is 16.2. The number of carbonyl (C=O) groups is 1. The molecule has 0 saturated carbocycles. The number of hydrogen-bond acceptors (Lipinski definition) is 5. The van der Waals surface area contributed by atoms with Crippen molar-refractivity contribution < 1.29 is 14.3 Å². The highest BCUT2D eigenvalue weighted by atomic mass is 16.5. The van der Waals surface area contributed by atoms with E-state index in [4.69, 9.17) is 9.47 Å². The van der Waals surface area contributed by atoms with E-state index in [0.29, 0.717) is 35.5 Å². The molecule has 1 heterocycles. The molecule has 1 aromatic heterocycles. The van der Waals surface area contributed by atoms with Gasteiger partial charge in [-0.2, -0.15) is 4.98 Å². The van der Waals surface area contributed by atoms with Crippen LogP contribution in [0.25, 0.3) is 11.4 Å². The van der Waals surface area contributed by atoms with Crippen LogP contribution in [-0.2, 0) is 0 Å². The van der Waals surface area contributed by atoms with Crippen LogP contribution < -0.4 is 14.8 Å². The second kappa shape index (κ2) is 9.68. The van der Waals surface area contributed by atoms with Gasteiger partial charge in [-0.15, -0.1) is 0 Å². The number of carbonyl (C=O) groups excluding carboxylic acids is 1. The largest absolute Gasteiger partial charge is 0.497 e. The monoisotopic (exact) mass is 391 g/mol. The summed E-state index contributed by atoms with van der Waals surface area (Å²) < 4.78 is 11.0. The number of benzene rings is 2. The quantitative estimate of drug-likeness (QED) is 0.601. The van der Waals surface area contributed by atoms with Crippen LogP contribution in [0.1, 0.15) is 30.6 Å². The summed E-state index contributed by atoms with van der Waals surface area (Å²) in [4.78, 5) is 21.2. The number of methoxy groups -OCH3 is 1. The molecule has 0 unspecified atom stereocenters. The van der Waals surface area contributed by atoms with Crippen molar-refractivity contribution >= 4 is 5.91 Å². The summed E-state index contributed by atoms with van der Waals surface area (Å²) in [5, 5.41) is 2.95. The normalized spacial score (nSPS) is 10.6. The summed E-state index contributed by atoms with van der Waals surface area (Å²) in [6.45, 7) is 4.92. The predicted molar refractivity (Wildman–Crippen MR) is 112 cm³/mol. The Bertz CT molecular complexity index is 956. The van der Waals surface area contributed by atoms with Gasteiger partial charge in [0.05, 0.1) is 7.11 Å². The van der Waals surface area contributed by atoms with Gasteiger partial charge in [-0.05, 0) is 48.7 Å². The molecule has 0 spiro atoms. The highest BCUT2D eigenvalue weighted by Gasteiger charge is 2.10. The molecular formula is C23H25N3O3. The molecule has 0 bridgehead atoms. The first-order chi connectivity index (χ1) is 14.0. The number of ether oxygens (including phenoxy) is 2. The van der Waals surface area contributed by atoms with Crippen LogP contribution in [0.2, 0.25) is 0 Å². The van der Waals surface area contributed by atoms with Crippen LogP contribution in [0, 0.1) is 5.92 Å². The summed E-state index contributed by atoms with van der Waals surface area (Å²) in [6.07, 6.45) is 2.58. The molecule has 3 rings (SSSR count). The van der Waals surface area contributed by atoms with Gasteiger partial charge in [-0.3, -0.25) is 4.79 Å². The molecule has 150 valence electrons. The molecule has 2 aromatic carbocycles. The van der Waals surface area contributed by atoms with Gasteiger partial charge in [0.25, 0.3) is 5.91 Å². The van der Waals surface area contributed by atoms with Gasteiger partial charge >= 0.3 is 0 Å². The van der Waals surface area contributed by atoms with Crippen molar-refractivity contribution in [3.05, 3.63) is 66.4 Å². The van der Waals surface area contributed by atoms with E-state index in [1.54, 1.807) is 31.5 Å². The SMILES string of the molecule is COc1ccc(Oc2ccnc(-c3cccc(C(=O)NCCC(C)C)c3)n2)cc1. The third-order valence-corrected chi connectivity index (χ3v) is 4.30. The molecule has 6 nitrogen and oxygen atoms in total. The Morgan fingerprint density at radius 2 is 1.83 bits per heavy atom. The van der Waals surface area contributed by atoms with Gasteiger partial charge in [-0.25, -0.2) is 4.98 Å². The standard InChI is InChI=1S/C23H25N3O3/c1-16(2)11-13-25-23(27)18-6-4-5-17(15-18)22-24-14-12-21(26-22)29-20-9-7-19(28-3)8-10-20/h4-10,12,14-16H,11,13H2,1-3H3,(H,25,27). The van der Waals surface area contributed by atoms with Crippen LogP contribution in [0.4, 0.5) is 0 Å². The van der Waals surface area contributed by atoms with Gasteiger partial charge < -0.3 is 14.8 Å². The highest BCUT2D eigenvalue weighted by molar-refractivity contribution is 5.95. The summed E-state index contributed by atoms with van der Waals surface area (Å²) in [5.41, 5.74) is 1.33. The van der Waals surface area contributed by atoms with Gasteiger partial charge in [0, 0.05) is 29.9 Å². The predicted octanol–water partition coefficient (Wildman–Crippen LogP) is 4.72. The molecule has 1 N–H and O–H groups in total. The highest BCUT2D eigenvalue weighted by Crippen LogP contribution is 2.24. The van der Waals surface area contributed by atoms with Crippen molar-refractivity contribution in [2.24, 2.45) is 5.92 Å². The Hall–Kier alpha value is -3.41. The van der Waals surface area contributed by atoms with Gasteiger partial charge in [0.1, 0.15) is 11.5 Å². The Labute approximate surface area is 170 Å². The zero-order chi connectivity index (χ0) is 20.6. The molecule has 0 aliphatic rings. The first kappa shape index (κ1) is 20.3. The Morgan fingerprint density at radius 3 is 2.55 bits per heavy atom. The smallest absolute Gasteiger partial charge is 0.251 e.